The fourth-order valence-electron chi connectivity index (χ4n) is 4.42. The van der Waals surface area contributed by atoms with Crippen LogP contribution in [0.3, 0.4) is 0 Å². The second-order valence-corrected chi connectivity index (χ2v) is 8.43. The van der Waals surface area contributed by atoms with Crippen LogP contribution in [-0.4, -0.2) is 61.0 Å². The number of fused-ring (bicyclic) bond motifs is 2. The molecule has 3 aromatic rings. The largest absolute Gasteiger partial charge is 0.479 e. The first-order chi connectivity index (χ1) is 15.5. The number of carbonyl (C=O) groups is 2. The Balaban J connectivity index is 1.53. The summed E-state index contributed by atoms with van der Waals surface area (Å²) in [6, 6.07) is 11.1. The van der Waals surface area contributed by atoms with Crippen LogP contribution in [0.25, 0.3) is 22.0 Å². The fraction of sp³-hybridized carbons (Fsp3) is 0.292. The third-order valence-corrected chi connectivity index (χ3v) is 6.24. The SMILES string of the molecule is CNC(=O)c1ccc2c(-c3cc(Cl)cc4c3OC(C(=O)N3CCNCC3)C4)ccnc2c1. The van der Waals surface area contributed by atoms with E-state index in [-0.39, 0.29) is 11.8 Å². The van der Waals surface area contributed by atoms with Crippen molar-refractivity contribution in [3.8, 4) is 16.9 Å². The third kappa shape index (κ3) is 3.67. The molecule has 0 bridgehead atoms. The molecular formula is C24H23ClN4O3. The van der Waals surface area contributed by atoms with E-state index < -0.39 is 6.10 Å². The first-order valence-corrected chi connectivity index (χ1v) is 11.0. The first-order valence-electron chi connectivity index (χ1n) is 10.6. The molecule has 32 heavy (non-hydrogen) atoms. The number of aromatic nitrogens is 1. The number of amides is 2. The highest BCUT2D eigenvalue weighted by Crippen LogP contribution is 2.43. The van der Waals surface area contributed by atoms with Crippen molar-refractivity contribution in [2.75, 3.05) is 33.2 Å². The maximum atomic E-state index is 13.0. The van der Waals surface area contributed by atoms with Crippen LogP contribution in [0, 0.1) is 0 Å². The lowest BCUT2D eigenvalue weighted by molar-refractivity contribution is -0.138. The number of hydrogen-bond donors (Lipinski definition) is 2. The van der Waals surface area contributed by atoms with E-state index in [1.165, 1.54) is 0 Å². The normalized spacial score (nSPS) is 17.7. The van der Waals surface area contributed by atoms with Gasteiger partial charge in [0.15, 0.2) is 6.10 Å². The molecule has 0 aliphatic carbocycles. The minimum atomic E-state index is -0.548. The molecule has 7 nitrogen and oxygen atoms in total. The first kappa shape index (κ1) is 20.7. The predicted molar refractivity (Wildman–Crippen MR) is 123 cm³/mol. The standard InChI is InChI=1S/C24H23ClN4O3/c1-26-23(30)14-2-3-18-17(4-5-28-20(18)11-14)19-13-16(25)10-15-12-21(32-22(15)19)24(31)29-8-6-27-7-9-29/h2-5,10-11,13,21,27H,6-9,12H2,1H3,(H,26,30). The molecule has 2 aliphatic heterocycles. The van der Waals surface area contributed by atoms with E-state index in [1.807, 2.05) is 29.2 Å². The van der Waals surface area contributed by atoms with E-state index in [0.717, 1.165) is 35.2 Å². The zero-order valence-corrected chi connectivity index (χ0v) is 18.4. The molecule has 164 valence electrons. The molecule has 2 N–H and O–H groups in total. The lowest BCUT2D eigenvalue weighted by Crippen LogP contribution is -2.50. The van der Waals surface area contributed by atoms with Gasteiger partial charge < -0.3 is 20.3 Å². The molecule has 0 radical (unpaired) electrons. The predicted octanol–water partition coefficient (Wildman–Crippen LogP) is 2.65. The lowest BCUT2D eigenvalue weighted by Gasteiger charge is -2.29. The number of benzene rings is 2. The van der Waals surface area contributed by atoms with E-state index in [1.54, 1.807) is 25.4 Å². The molecule has 0 saturated carbocycles. The number of carbonyl (C=O) groups excluding carboxylic acids is 2. The summed E-state index contributed by atoms with van der Waals surface area (Å²) < 4.78 is 6.24. The van der Waals surface area contributed by atoms with Crippen LogP contribution >= 0.6 is 11.6 Å². The van der Waals surface area contributed by atoms with Gasteiger partial charge in [0, 0.05) is 72.9 Å². The lowest BCUT2D eigenvalue weighted by atomic mass is 9.97. The summed E-state index contributed by atoms with van der Waals surface area (Å²) in [5, 5.41) is 7.36. The zero-order chi connectivity index (χ0) is 22.2. The molecule has 2 amide bonds. The molecule has 1 saturated heterocycles. The van der Waals surface area contributed by atoms with Gasteiger partial charge in [0.1, 0.15) is 5.75 Å². The van der Waals surface area contributed by atoms with Crippen molar-refractivity contribution in [2.24, 2.45) is 0 Å². The van der Waals surface area contributed by atoms with Gasteiger partial charge in [-0.2, -0.15) is 0 Å². The summed E-state index contributed by atoms with van der Waals surface area (Å²) in [6.07, 6.45) is 1.65. The van der Waals surface area contributed by atoms with E-state index in [2.05, 4.69) is 15.6 Å². The summed E-state index contributed by atoms with van der Waals surface area (Å²) in [4.78, 5) is 31.4. The van der Waals surface area contributed by atoms with Gasteiger partial charge in [-0.15, -0.1) is 0 Å². The van der Waals surface area contributed by atoms with Gasteiger partial charge in [-0.3, -0.25) is 14.6 Å². The maximum absolute atomic E-state index is 13.0. The van der Waals surface area contributed by atoms with Crippen LogP contribution in [0.2, 0.25) is 5.02 Å². The molecule has 3 heterocycles. The Kier molecular flexibility index (Phi) is 5.45. The molecule has 5 rings (SSSR count). The number of nitrogens with zero attached hydrogens (tertiary/aromatic N) is 2. The Bertz CT molecular complexity index is 1220. The molecule has 1 fully saturated rings. The zero-order valence-electron chi connectivity index (χ0n) is 17.7. The van der Waals surface area contributed by atoms with Gasteiger partial charge in [-0.25, -0.2) is 0 Å². The Hall–Kier alpha value is -3.16. The second-order valence-electron chi connectivity index (χ2n) is 8.00. The highest BCUT2D eigenvalue weighted by Gasteiger charge is 2.35. The van der Waals surface area contributed by atoms with Crippen LogP contribution in [0.4, 0.5) is 0 Å². The monoisotopic (exact) mass is 450 g/mol. The van der Waals surface area contributed by atoms with Crippen LogP contribution in [0.5, 0.6) is 5.75 Å². The van der Waals surface area contributed by atoms with Crippen molar-refractivity contribution in [3.63, 3.8) is 0 Å². The molecule has 1 atom stereocenters. The van der Waals surface area contributed by atoms with Crippen molar-refractivity contribution in [1.29, 1.82) is 0 Å². The molecule has 8 heteroatoms. The van der Waals surface area contributed by atoms with Crippen LogP contribution in [-0.2, 0) is 11.2 Å². The quantitative estimate of drug-likeness (QED) is 0.641. The van der Waals surface area contributed by atoms with E-state index >= 15 is 0 Å². The van der Waals surface area contributed by atoms with Gasteiger partial charge in [0.2, 0.25) is 0 Å². The molecule has 1 aromatic heterocycles. The Morgan fingerprint density at radius 1 is 1.16 bits per heavy atom. The van der Waals surface area contributed by atoms with E-state index in [4.69, 9.17) is 16.3 Å². The summed E-state index contributed by atoms with van der Waals surface area (Å²) in [5.41, 5.74) is 3.88. The van der Waals surface area contributed by atoms with E-state index in [0.29, 0.717) is 41.4 Å². The minimum absolute atomic E-state index is 0.0135. The number of ether oxygens (including phenoxy) is 1. The topological polar surface area (TPSA) is 83.6 Å². The van der Waals surface area contributed by atoms with Gasteiger partial charge in [-0.05, 0) is 35.9 Å². The number of pyridine rings is 1. The van der Waals surface area contributed by atoms with Gasteiger partial charge in [0.25, 0.3) is 11.8 Å². The summed E-state index contributed by atoms with van der Waals surface area (Å²) in [7, 11) is 1.60. The van der Waals surface area contributed by atoms with E-state index in [9.17, 15) is 9.59 Å². The van der Waals surface area contributed by atoms with Crippen molar-refractivity contribution >= 4 is 34.3 Å². The number of rotatable bonds is 3. The molecule has 0 spiro atoms. The molecule has 1 unspecified atom stereocenters. The van der Waals surface area contributed by atoms with Crippen LogP contribution < -0.4 is 15.4 Å². The smallest absolute Gasteiger partial charge is 0.264 e. The van der Waals surface area contributed by atoms with Crippen molar-refractivity contribution < 1.29 is 14.3 Å². The van der Waals surface area contributed by atoms with Crippen LogP contribution in [0.15, 0.2) is 42.6 Å². The molecule has 2 aromatic carbocycles. The average molecular weight is 451 g/mol. The Morgan fingerprint density at radius 2 is 1.97 bits per heavy atom. The summed E-state index contributed by atoms with van der Waals surface area (Å²) >= 11 is 6.46. The van der Waals surface area contributed by atoms with Crippen molar-refractivity contribution in [1.82, 2.24) is 20.5 Å². The highest BCUT2D eigenvalue weighted by atomic mass is 35.5. The second kappa shape index (κ2) is 8.41. The molecular weight excluding hydrogens is 428 g/mol. The maximum Gasteiger partial charge on any atom is 0.264 e. The number of hydrogen-bond acceptors (Lipinski definition) is 5. The Labute approximate surface area is 190 Å². The highest BCUT2D eigenvalue weighted by molar-refractivity contribution is 6.31. The number of piperazine rings is 1. The summed E-state index contributed by atoms with van der Waals surface area (Å²) in [5.74, 6) is 0.533. The van der Waals surface area contributed by atoms with Gasteiger partial charge >= 0.3 is 0 Å². The average Bonchev–Trinajstić information content (AvgIpc) is 3.26. The number of nitrogens with one attached hydrogen (secondary N) is 2. The Morgan fingerprint density at radius 3 is 2.75 bits per heavy atom. The third-order valence-electron chi connectivity index (χ3n) is 6.02. The number of halogens is 1. The van der Waals surface area contributed by atoms with Crippen molar-refractivity contribution in [3.05, 3.63) is 58.7 Å². The minimum Gasteiger partial charge on any atom is -0.479 e. The van der Waals surface area contributed by atoms with Gasteiger partial charge in [-0.1, -0.05) is 17.7 Å². The van der Waals surface area contributed by atoms with Crippen molar-refractivity contribution in [2.45, 2.75) is 12.5 Å². The summed E-state index contributed by atoms with van der Waals surface area (Å²) in [6.45, 7) is 2.96. The molecule has 2 aliphatic rings. The fourth-order valence-corrected chi connectivity index (χ4v) is 4.66. The van der Waals surface area contributed by atoms with Gasteiger partial charge in [0.05, 0.1) is 5.52 Å². The van der Waals surface area contributed by atoms with Crippen LogP contribution in [0.1, 0.15) is 15.9 Å².